The Kier molecular flexibility index (Phi) is 5.16. The number of aromatic nitrogens is 3. The number of amides is 1. The number of benzene rings is 2. The SMILES string of the molecule is CCN(C(=O)c1cnc(Nc2cccc3cccnc23)cn1)c1cccc(C)c1. The molecule has 4 rings (SSSR count). The molecule has 0 aliphatic carbocycles. The molecule has 144 valence electrons. The van der Waals surface area contributed by atoms with E-state index in [1.54, 1.807) is 17.3 Å². The van der Waals surface area contributed by atoms with Crippen molar-refractivity contribution < 1.29 is 4.79 Å². The van der Waals surface area contributed by atoms with Crippen molar-refractivity contribution in [3.05, 3.63) is 84.4 Å². The van der Waals surface area contributed by atoms with Crippen molar-refractivity contribution in [1.29, 1.82) is 0 Å². The van der Waals surface area contributed by atoms with E-state index in [0.717, 1.165) is 27.8 Å². The van der Waals surface area contributed by atoms with Crippen LogP contribution >= 0.6 is 0 Å². The van der Waals surface area contributed by atoms with E-state index in [4.69, 9.17) is 0 Å². The number of nitrogens with one attached hydrogen (secondary N) is 1. The number of pyridine rings is 1. The Labute approximate surface area is 169 Å². The van der Waals surface area contributed by atoms with Gasteiger partial charge in [0.1, 0.15) is 11.5 Å². The predicted octanol–water partition coefficient (Wildman–Crippen LogP) is 4.74. The summed E-state index contributed by atoms with van der Waals surface area (Å²) in [7, 11) is 0. The highest BCUT2D eigenvalue weighted by atomic mass is 16.2. The van der Waals surface area contributed by atoms with E-state index in [9.17, 15) is 4.79 Å². The number of rotatable bonds is 5. The molecule has 0 aliphatic heterocycles. The standard InChI is InChI=1S/C23H21N5O/c1-3-28(18-10-4-7-16(2)13-18)23(29)20-14-26-21(15-25-20)27-19-11-5-8-17-9-6-12-24-22(17)19/h4-15H,3H2,1-2H3,(H,26,27). The van der Waals surface area contributed by atoms with Crippen molar-refractivity contribution >= 4 is 34.0 Å². The van der Waals surface area contributed by atoms with E-state index in [1.807, 2.05) is 68.4 Å². The quantitative estimate of drug-likeness (QED) is 0.539. The first-order valence-corrected chi connectivity index (χ1v) is 9.47. The number of fused-ring (bicyclic) bond motifs is 1. The molecule has 1 amide bonds. The first-order chi connectivity index (χ1) is 14.2. The van der Waals surface area contributed by atoms with Gasteiger partial charge in [0, 0.05) is 23.8 Å². The summed E-state index contributed by atoms with van der Waals surface area (Å²) in [5.41, 5.74) is 3.95. The molecule has 6 nitrogen and oxygen atoms in total. The van der Waals surface area contributed by atoms with Crippen LogP contribution in [0.3, 0.4) is 0 Å². The van der Waals surface area contributed by atoms with Gasteiger partial charge in [-0.15, -0.1) is 0 Å². The molecule has 0 saturated heterocycles. The number of carbonyl (C=O) groups excluding carboxylic acids is 1. The lowest BCUT2D eigenvalue weighted by Crippen LogP contribution is -2.31. The highest BCUT2D eigenvalue weighted by Gasteiger charge is 2.18. The molecule has 0 bridgehead atoms. The van der Waals surface area contributed by atoms with Gasteiger partial charge in [0.05, 0.1) is 23.6 Å². The summed E-state index contributed by atoms with van der Waals surface area (Å²) in [5.74, 6) is 0.377. The maximum atomic E-state index is 12.9. The molecule has 4 aromatic rings. The lowest BCUT2D eigenvalue weighted by atomic mass is 10.2. The second kappa shape index (κ2) is 8.06. The van der Waals surface area contributed by atoms with Gasteiger partial charge < -0.3 is 10.2 Å². The number of aryl methyl sites for hydroxylation is 1. The van der Waals surface area contributed by atoms with Crippen molar-refractivity contribution in [2.75, 3.05) is 16.8 Å². The van der Waals surface area contributed by atoms with Crippen molar-refractivity contribution in [3.63, 3.8) is 0 Å². The first kappa shape index (κ1) is 18.6. The number of nitrogens with zero attached hydrogens (tertiary/aromatic N) is 4. The molecule has 2 aromatic heterocycles. The molecule has 6 heteroatoms. The van der Waals surface area contributed by atoms with Crippen LogP contribution < -0.4 is 10.2 Å². The van der Waals surface area contributed by atoms with Crippen molar-refractivity contribution in [2.24, 2.45) is 0 Å². The van der Waals surface area contributed by atoms with Crippen LogP contribution in [0, 0.1) is 6.92 Å². The highest BCUT2D eigenvalue weighted by molar-refractivity contribution is 6.04. The second-order valence-corrected chi connectivity index (χ2v) is 6.68. The zero-order valence-electron chi connectivity index (χ0n) is 16.3. The molecule has 0 fully saturated rings. The van der Waals surface area contributed by atoms with Crippen LogP contribution in [0.4, 0.5) is 17.2 Å². The topological polar surface area (TPSA) is 71.0 Å². The smallest absolute Gasteiger partial charge is 0.278 e. The van der Waals surface area contributed by atoms with E-state index in [2.05, 4.69) is 20.3 Å². The van der Waals surface area contributed by atoms with Crippen LogP contribution in [-0.2, 0) is 0 Å². The van der Waals surface area contributed by atoms with Gasteiger partial charge in [-0.2, -0.15) is 0 Å². The van der Waals surface area contributed by atoms with Gasteiger partial charge in [-0.25, -0.2) is 9.97 Å². The summed E-state index contributed by atoms with van der Waals surface area (Å²) < 4.78 is 0. The highest BCUT2D eigenvalue weighted by Crippen LogP contribution is 2.23. The summed E-state index contributed by atoms with van der Waals surface area (Å²) in [6.07, 6.45) is 4.83. The zero-order chi connectivity index (χ0) is 20.2. The normalized spacial score (nSPS) is 10.7. The first-order valence-electron chi connectivity index (χ1n) is 9.47. The summed E-state index contributed by atoms with van der Waals surface area (Å²) in [6, 6.07) is 17.7. The average molecular weight is 383 g/mol. The molecule has 0 atom stereocenters. The maximum Gasteiger partial charge on any atom is 0.278 e. The summed E-state index contributed by atoms with van der Waals surface area (Å²) in [6.45, 7) is 4.49. The van der Waals surface area contributed by atoms with Gasteiger partial charge >= 0.3 is 0 Å². The van der Waals surface area contributed by atoms with Crippen LogP contribution in [0.15, 0.2) is 73.2 Å². The maximum absolute atomic E-state index is 12.9. The minimum Gasteiger partial charge on any atom is -0.337 e. The predicted molar refractivity (Wildman–Crippen MR) is 116 cm³/mol. The number of para-hydroxylation sites is 1. The van der Waals surface area contributed by atoms with Gasteiger partial charge in [-0.1, -0.05) is 30.3 Å². The molecular weight excluding hydrogens is 362 g/mol. The second-order valence-electron chi connectivity index (χ2n) is 6.68. The number of hydrogen-bond donors (Lipinski definition) is 1. The largest absolute Gasteiger partial charge is 0.337 e. The van der Waals surface area contributed by atoms with E-state index in [1.165, 1.54) is 6.20 Å². The number of hydrogen-bond acceptors (Lipinski definition) is 5. The Bertz CT molecular complexity index is 1150. The molecule has 0 spiro atoms. The van der Waals surface area contributed by atoms with Gasteiger partial charge in [0.15, 0.2) is 0 Å². The third-order valence-corrected chi connectivity index (χ3v) is 4.64. The van der Waals surface area contributed by atoms with E-state index in [0.29, 0.717) is 18.1 Å². The fourth-order valence-corrected chi connectivity index (χ4v) is 3.22. The monoisotopic (exact) mass is 383 g/mol. The fraction of sp³-hybridized carbons (Fsp3) is 0.130. The van der Waals surface area contributed by atoms with E-state index < -0.39 is 0 Å². The molecule has 0 unspecified atom stereocenters. The van der Waals surface area contributed by atoms with Gasteiger partial charge in [0.2, 0.25) is 0 Å². The van der Waals surface area contributed by atoms with Gasteiger partial charge in [0.25, 0.3) is 5.91 Å². The Morgan fingerprint density at radius 2 is 1.83 bits per heavy atom. The van der Waals surface area contributed by atoms with Crippen LogP contribution in [0.2, 0.25) is 0 Å². The summed E-state index contributed by atoms with van der Waals surface area (Å²) in [5, 5.41) is 4.27. The van der Waals surface area contributed by atoms with Crippen LogP contribution in [0.1, 0.15) is 23.0 Å². The Morgan fingerprint density at radius 1 is 1.00 bits per heavy atom. The summed E-state index contributed by atoms with van der Waals surface area (Å²) >= 11 is 0. The van der Waals surface area contributed by atoms with Crippen molar-refractivity contribution in [2.45, 2.75) is 13.8 Å². The van der Waals surface area contributed by atoms with Gasteiger partial charge in [-0.05, 0) is 43.7 Å². The molecule has 2 heterocycles. The average Bonchev–Trinajstić information content (AvgIpc) is 2.75. The van der Waals surface area contributed by atoms with Gasteiger partial charge in [-0.3, -0.25) is 9.78 Å². The minimum absolute atomic E-state index is 0.177. The Morgan fingerprint density at radius 3 is 2.59 bits per heavy atom. The molecule has 2 aromatic carbocycles. The summed E-state index contributed by atoms with van der Waals surface area (Å²) in [4.78, 5) is 27.8. The van der Waals surface area contributed by atoms with Crippen LogP contribution in [-0.4, -0.2) is 27.4 Å². The Balaban J connectivity index is 1.56. The Hall–Kier alpha value is -3.80. The molecular formula is C23H21N5O. The lowest BCUT2D eigenvalue weighted by molar-refractivity contribution is 0.0983. The fourth-order valence-electron chi connectivity index (χ4n) is 3.22. The van der Waals surface area contributed by atoms with E-state index >= 15 is 0 Å². The van der Waals surface area contributed by atoms with Crippen molar-refractivity contribution in [3.8, 4) is 0 Å². The van der Waals surface area contributed by atoms with Crippen LogP contribution in [0.25, 0.3) is 10.9 Å². The minimum atomic E-state index is -0.177. The molecule has 29 heavy (non-hydrogen) atoms. The zero-order valence-corrected chi connectivity index (χ0v) is 16.3. The number of anilines is 3. The molecule has 0 saturated carbocycles. The molecule has 0 radical (unpaired) electrons. The van der Waals surface area contributed by atoms with E-state index in [-0.39, 0.29) is 5.91 Å². The number of carbonyl (C=O) groups is 1. The lowest BCUT2D eigenvalue weighted by Gasteiger charge is -2.21. The van der Waals surface area contributed by atoms with Crippen molar-refractivity contribution in [1.82, 2.24) is 15.0 Å². The third kappa shape index (κ3) is 3.91. The third-order valence-electron chi connectivity index (χ3n) is 4.64. The molecule has 0 aliphatic rings. The molecule has 1 N–H and O–H groups in total. The van der Waals surface area contributed by atoms with Crippen LogP contribution in [0.5, 0.6) is 0 Å².